The third-order valence-corrected chi connectivity index (χ3v) is 18.5. The van der Waals surface area contributed by atoms with Crippen molar-refractivity contribution in [2.75, 3.05) is 13.2 Å². The summed E-state index contributed by atoms with van der Waals surface area (Å²) in [6, 6.07) is 37.5. The third kappa shape index (κ3) is 13.7. The van der Waals surface area contributed by atoms with Crippen molar-refractivity contribution in [3.63, 3.8) is 0 Å². The molecule has 0 aliphatic carbocycles. The van der Waals surface area contributed by atoms with Gasteiger partial charge in [-0.1, -0.05) is 201 Å². The number of nitrogens with zero attached hydrogens (tertiary/aromatic N) is 2. The summed E-state index contributed by atoms with van der Waals surface area (Å²) >= 11 is 0. The van der Waals surface area contributed by atoms with E-state index in [1.807, 2.05) is 24.3 Å². The molecule has 2 aromatic heterocycles. The summed E-state index contributed by atoms with van der Waals surface area (Å²) in [7, 11) is 0. The van der Waals surface area contributed by atoms with Crippen molar-refractivity contribution in [3.05, 3.63) is 178 Å². The van der Waals surface area contributed by atoms with Gasteiger partial charge in [0.15, 0.2) is 23.1 Å². The van der Waals surface area contributed by atoms with E-state index in [1.165, 1.54) is 12.1 Å². The second-order valence-electron chi connectivity index (χ2n) is 34.2. The summed E-state index contributed by atoms with van der Waals surface area (Å²) in [5.41, 5.74) is 8.69. The SMILES string of the molecule is CC(C)(C)CC(C)(C)c1cc(-c2cc(F)cc(F)c2OCCCOc2c(F)cc(F)cc2-c2cc(C(C)(C)CC(C)(C)C)cc(-n3c4cc(C(C)(C)C)ccc4c4ccc(C(C)(C)C)cc43)c2O)c(O)c(-n2c3cc(C(C)(C)C)ccc3c3ccc(C(C)(C)C)cc32)c1. The van der Waals surface area contributed by atoms with Crippen LogP contribution < -0.4 is 9.47 Å². The molecule has 10 rings (SSSR count). The summed E-state index contributed by atoms with van der Waals surface area (Å²) in [5.74, 6) is -4.64. The number of rotatable bonds is 14. The zero-order chi connectivity index (χ0) is 68.4. The maximum absolute atomic E-state index is 16.8. The molecule has 0 saturated carbocycles. The van der Waals surface area contributed by atoms with Crippen LogP contribution in [0.4, 0.5) is 17.6 Å². The van der Waals surface area contributed by atoms with E-state index in [-0.39, 0.29) is 97.4 Å². The van der Waals surface area contributed by atoms with Gasteiger partial charge in [0.2, 0.25) is 0 Å². The molecule has 0 unspecified atom stereocenters. The lowest BCUT2D eigenvalue weighted by atomic mass is 9.71. The predicted octanol–water partition coefficient (Wildman–Crippen LogP) is 23.6. The Bertz CT molecular complexity index is 4120. The van der Waals surface area contributed by atoms with Crippen LogP contribution >= 0.6 is 0 Å². The van der Waals surface area contributed by atoms with Gasteiger partial charge in [-0.3, -0.25) is 0 Å². The average molecular weight is 1260 g/mol. The monoisotopic (exact) mass is 1260 g/mol. The fourth-order valence-corrected chi connectivity index (χ4v) is 14.3. The van der Waals surface area contributed by atoms with Crippen molar-refractivity contribution >= 4 is 43.6 Å². The third-order valence-electron chi connectivity index (χ3n) is 18.5. The van der Waals surface area contributed by atoms with Crippen LogP contribution in [-0.2, 0) is 32.5 Å². The molecule has 0 saturated heterocycles. The minimum Gasteiger partial charge on any atom is -0.505 e. The van der Waals surface area contributed by atoms with Gasteiger partial charge < -0.3 is 28.8 Å². The fraction of sp³-hybridized carbons (Fsp3) is 0.422. The Balaban J connectivity index is 1.08. The molecule has 10 heteroatoms. The van der Waals surface area contributed by atoms with Gasteiger partial charge in [-0.05, 0) is 150 Å². The fourth-order valence-electron chi connectivity index (χ4n) is 14.3. The zero-order valence-corrected chi connectivity index (χ0v) is 59.2. The van der Waals surface area contributed by atoms with E-state index >= 15 is 17.6 Å². The Morgan fingerprint density at radius 2 is 0.613 bits per heavy atom. The average Bonchev–Trinajstić information content (AvgIpc) is 1.62. The Kier molecular flexibility index (Phi) is 17.3. The number of ether oxygens (including phenoxy) is 2. The number of phenolic OH excluding ortho intramolecular Hbond substituents is 2. The van der Waals surface area contributed by atoms with Gasteiger partial charge in [-0.15, -0.1) is 0 Å². The van der Waals surface area contributed by atoms with E-state index in [2.05, 4.69) is 234 Å². The Hall–Kier alpha value is -7.72. The van der Waals surface area contributed by atoms with E-state index in [0.29, 0.717) is 11.4 Å². The molecule has 0 spiro atoms. The van der Waals surface area contributed by atoms with E-state index in [1.54, 1.807) is 0 Å². The van der Waals surface area contributed by atoms with Crippen molar-refractivity contribution in [1.82, 2.24) is 9.13 Å². The van der Waals surface area contributed by atoms with Gasteiger partial charge >= 0.3 is 0 Å². The summed E-state index contributed by atoms with van der Waals surface area (Å²) in [5, 5.41) is 30.1. The number of aromatic nitrogens is 2. The van der Waals surface area contributed by atoms with E-state index in [9.17, 15) is 10.2 Å². The van der Waals surface area contributed by atoms with Gasteiger partial charge in [0.1, 0.15) is 23.1 Å². The summed E-state index contributed by atoms with van der Waals surface area (Å²) in [6.07, 6.45) is 1.52. The number of hydrogen-bond donors (Lipinski definition) is 2. The number of phenols is 2. The van der Waals surface area contributed by atoms with Crippen LogP contribution in [0.15, 0.2) is 121 Å². The molecule has 6 nitrogen and oxygen atoms in total. The second-order valence-corrected chi connectivity index (χ2v) is 34.2. The first-order chi connectivity index (χ1) is 42.8. The Labute approximate surface area is 550 Å². The molecule has 8 aromatic carbocycles. The Morgan fingerprint density at radius 1 is 0.333 bits per heavy atom. The van der Waals surface area contributed by atoms with Crippen LogP contribution in [0.1, 0.15) is 205 Å². The lowest BCUT2D eigenvalue weighted by Crippen LogP contribution is -2.25. The largest absolute Gasteiger partial charge is 0.505 e. The number of halogens is 4. The van der Waals surface area contributed by atoms with Gasteiger partial charge in [-0.2, -0.15) is 0 Å². The molecule has 0 atom stereocenters. The number of hydrogen-bond acceptors (Lipinski definition) is 4. The van der Waals surface area contributed by atoms with E-state index in [4.69, 9.17) is 9.47 Å². The van der Waals surface area contributed by atoms with Crippen molar-refractivity contribution < 1.29 is 37.2 Å². The van der Waals surface area contributed by atoms with Crippen LogP contribution in [0.2, 0.25) is 0 Å². The minimum absolute atomic E-state index is 0.00651. The molecule has 0 bridgehead atoms. The molecule has 0 amide bonds. The normalized spacial score (nSPS) is 13.4. The Morgan fingerprint density at radius 3 is 0.871 bits per heavy atom. The molecule has 492 valence electrons. The molecule has 0 radical (unpaired) electrons. The quantitative estimate of drug-likeness (QED) is 0.0841. The van der Waals surface area contributed by atoms with Crippen LogP contribution in [-0.4, -0.2) is 32.6 Å². The lowest BCUT2D eigenvalue weighted by molar-refractivity contribution is 0.236. The standard InChI is InChI=1S/C83H98F4N2O4/c1-76(2,3)46-82(19,20)52-34-60(72(90)70(40-52)88-66-36-48(78(7,8)9)24-28-56(66)57-29-25-49(37-67(57)88)79(10,11)12)62-42-54(84)44-64(86)74(62)92-32-23-33-93-75-63(43-55(85)45-65(75)87)61-35-53(83(21,22)47-77(4,5)6)41-71(73(61)91)89-68-38-50(80(13,14)15)26-30-58(68)59-31-27-51(39-69(59)89)81(16,17)18/h24-31,34-45,90-91H,23,32-33,46-47H2,1-22H3. The van der Waals surface area contributed by atoms with E-state index in [0.717, 1.165) is 102 Å². The first kappa shape index (κ1) is 68.1. The first-order valence-corrected chi connectivity index (χ1v) is 33.0. The topological polar surface area (TPSA) is 68.8 Å². The lowest BCUT2D eigenvalue weighted by Gasteiger charge is -2.34. The van der Waals surface area contributed by atoms with Crippen LogP contribution in [0.25, 0.3) is 77.2 Å². The van der Waals surface area contributed by atoms with Crippen LogP contribution in [0.5, 0.6) is 23.0 Å². The summed E-state index contributed by atoms with van der Waals surface area (Å²) in [6.45, 7) is 47.3. The van der Waals surface area contributed by atoms with Crippen molar-refractivity contribution in [3.8, 4) is 56.6 Å². The summed E-state index contributed by atoms with van der Waals surface area (Å²) < 4.78 is 82.6. The maximum Gasteiger partial charge on any atom is 0.168 e. The highest BCUT2D eigenvalue weighted by molar-refractivity contribution is 6.11. The molecular formula is C83H98F4N2O4. The maximum atomic E-state index is 16.8. The number of benzene rings is 8. The van der Waals surface area contributed by atoms with Crippen molar-refractivity contribution in [1.29, 1.82) is 0 Å². The van der Waals surface area contributed by atoms with Crippen LogP contribution in [0.3, 0.4) is 0 Å². The van der Waals surface area contributed by atoms with Gasteiger partial charge in [-0.25, -0.2) is 17.6 Å². The van der Waals surface area contributed by atoms with Gasteiger partial charge in [0, 0.05) is 62.4 Å². The van der Waals surface area contributed by atoms with E-state index < -0.39 is 34.1 Å². The van der Waals surface area contributed by atoms with Crippen LogP contribution in [0, 0.1) is 34.1 Å². The zero-order valence-electron chi connectivity index (χ0n) is 59.2. The number of fused-ring (bicyclic) bond motifs is 6. The highest BCUT2D eigenvalue weighted by atomic mass is 19.1. The van der Waals surface area contributed by atoms with Gasteiger partial charge in [0.25, 0.3) is 0 Å². The molecule has 0 aliphatic heterocycles. The highest BCUT2D eigenvalue weighted by Crippen LogP contribution is 2.51. The molecule has 2 heterocycles. The van der Waals surface area contributed by atoms with Crippen molar-refractivity contribution in [2.45, 2.75) is 204 Å². The highest BCUT2D eigenvalue weighted by Gasteiger charge is 2.35. The smallest absolute Gasteiger partial charge is 0.168 e. The number of aromatic hydroxyl groups is 2. The van der Waals surface area contributed by atoms with Gasteiger partial charge in [0.05, 0.1) is 46.7 Å². The molecule has 0 aliphatic rings. The minimum atomic E-state index is -0.979. The molecule has 93 heavy (non-hydrogen) atoms. The second kappa shape index (κ2) is 23.6. The molecule has 0 fully saturated rings. The first-order valence-electron chi connectivity index (χ1n) is 33.0. The predicted molar refractivity (Wildman–Crippen MR) is 380 cm³/mol. The molecular weight excluding hydrogens is 1160 g/mol. The van der Waals surface area contributed by atoms with Crippen molar-refractivity contribution in [2.24, 2.45) is 10.8 Å². The molecule has 2 N–H and O–H groups in total. The molecule has 10 aromatic rings. The summed E-state index contributed by atoms with van der Waals surface area (Å²) in [4.78, 5) is 0.